The number of nitrogens with two attached hydrogens (primary N) is 1. The van der Waals surface area contributed by atoms with E-state index in [0.717, 1.165) is 29.4 Å². The molecular weight excluding hydrogens is 268 g/mol. The largest absolute Gasteiger partial charge is 0.368 e. The number of primary amides is 1. The number of rotatable bonds is 3. The smallest absolute Gasteiger partial charge is 0.242 e. The summed E-state index contributed by atoms with van der Waals surface area (Å²) in [5, 5.41) is 3.24. The van der Waals surface area contributed by atoms with Gasteiger partial charge in [-0.15, -0.1) is 0 Å². The maximum Gasteiger partial charge on any atom is 0.242 e. The van der Waals surface area contributed by atoms with Gasteiger partial charge in [0.15, 0.2) is 0 Å². The lowest BCUT2D eigenvalue weighted by Gasteiger charge is -2.27. The quantitative estimate of drug-likeness (QED) is 0.887. The second-order valence-corrected chi connectivity index (χ2v) is 5.02. The lowest BCUT2D eigenvalue weighted by atomic mass is 9.91. The third-order valence-electron chi connectivity index (χ3n) is 3.20. The van der Waals surface area contributed by atoms with Gasteiger partial charge in [-0.1, -0.05) is 28.9 Å². The van der Waals surface area contributed by atoms with E-state index in [2.05, 4.69) is 27.3 Å². The second-order valence-electron chi connectivity index (χ2n) is 4.10. The fraction of sp³-hybridized carbons (Fsp3) is 0.417. The first-order valence-corrected chi connectivity index (χ1v) is 6.23. The minimum Gasteiger partial charge on any atom is -0.368 e. The van der Waals surface area contributed by atoms with Gasteiger partial charge in [-0.05, 0) is 42.6 Å². The molecule has 0 saturated heterocycles. The predicted octanol–water partition coefficient (Wildman–Crippen LogP) is 1.69. The molecule has 4 heteroatoms. The Hall–Kier alpha value is -0.870. The summed E-state index contributed by atoms with van der Waals surface area (Å²) in [6.07, 6.45) is 1.65. The van der Waals surface area contributed by atoms with Gasteiger partial charge >= 0.3 is 0 Å². The van der Waals surface area contributed by atoms with Crippen LogP contribution in [-0.2, 0) is 16.8 Å². The molecule has 0 aliphatic heterocycles. The molecule has 1 unspecified atom stereocenters. The van der Waals surface area contributed by atoms with Crippen LogP contribution in [0.25, 0.3) is 0 Å². The van der Waals surface area contributed by atoms with Gasteiger partial charge in [-0.2, -0.15) is 0 Å². The van der Waals surface area contributed by atoms with Crippen molar-refractivity contribution in [1.29, 1.82) is 0 Å². The minimum absolute atomic E-state index is 0.282. The van der Waals surface area contributed by atoms with Gasteiger partial charge in [0, 0.05) is 4.47 Å². The van der Waals surface area contributed by atoms with E-state index < -0.39 is 5.54 Å². The van der Waals surface area contributed by atoms with Crippen molar-refractivity contribution >= 4 is 21.8 Å². The average molecular weight is 283 g/mol. The lowest BCUT2D eigenvalue weighted by Crippen LogP contribution is -2.51. The van der Waals surface area contributed by atoms with Crippen molar-refractivity contribution < 1.29 is 4.79 Å². The standard InChI is InChI=1S/C12H15BrN2O/c1-2-15-12(11(14)16)6-5-8-7-9(13)3-4-10(8)12/h3-4,7,15H,2,5-6H2,1H3,(H2,14,16). The molecule has 0 fully saturated rings. The first-order chi connectivity index (χ1) is 7.60. The third kappa shape index (κ3) is 1.66. The Labute approximate surface area is 104 Å². The van der Waals surface area contributed by atoms with Crippen molar-refractivity contribution in [2.75, 3.05) is 6.54 Å². The zero-order chi connectivity index (χ0) is 11.8. The number of hydrogen-bond donors (Lipinski definition) is 2. The summed E-state index contributed by atoms with van der Waals surface area (Å²) in [6.45, 7) is 2.72. The van der Waals surface area contributed by atoms with Crippen molar-refractivity contribution in [3.8, 4) is 0 Å². The minimum atomic E-state index is -0.662. The van der Waals surface area contributed by atoms with Crippen LogP contribution in [0.3, 0.4) is 0 Å². The maximum atomic E-state index is 11.7. The summed E-state index contributed by atoms with van der Waals surface area (Å²) >= 11 is 3.44. The molecule has 16 heavy (non-hydrogen) atoms. The van der Waals surface area contributed by atoms with E-state index in [4.69, 9.17) is 5.73 Å². The van der Waals surface area contributed by atoms with Crippen LogP contribution in [-0.4, -0.2) is 12.5 Å². The van der Waals surface area contributed by atoms with Crippen LogP contribution in [0, 0.1) is 0 Å². The zero-order valence-corrected chi connectivity index (χ0v) is 10.8. The summed E-state index contributed by atoms with van der Waals surface area (Å²) in [4.78, 5) is 11.7. The number of amides is 1. The van der Waals surface area contributed by atoms with E-state index in [-0.39, 0.29) is 5.91 Å². The number of halogens is 1. The summed E-state index contributed by atoms with van der Waals surface area (Å²) in [5.41, 5.74) is 7.13. The van der Waals surface area contributed by atoms with Crippen LogP contribution in [0.1, 0.15) is 24.5 Å². The number of aryl methyl sites for hydroxylation is 1. The molecule has 3 N–H and O–H groups in total. The monoisotopic (exact) mass is 282 g/mol. The molecule has 0 bridgehead atoms. The number of carbonyl (C=O) groups is 1. The number of benzene rings is 1. The van der Waals surface area contributed by atoms with Gasteiger partial charge in [-0.3, -0.25) is 10.1 Å². The van der Waals surface area contributed by atoms with E-state index >= 15 is 0 Å². The highest BCUT2D eigenvalue weighted by Crippen LogP contribution is 2.37. The molecule has 1 atom stereocenters. The molecule has 86 valence electrons. The van der Waals surface area contributed by atoms with E-state index in [9.17, 15) is 4.79 Å². The van der Waals surface area contributed by atoms with Crippen molar-refractivity contribution in [3.05, 3.63) is 33.8 Å². The highest BCUT2D eigenvalue weighted by atomic mass is 79.9. The number of carbonyl (C=O) groups excluding carboxylic acids is 1. The average Bonchev–Trinajstić information content (AvgIpc) is 2.58. The molecule has 1 aliphatic rings. The van der Waals surface area contributed by atoms with Crippen molar-refractivity contribution in [2.45, 2.75) is 25.3 Å². The number of fused-ring (bicyclic) bond motifs is 1. The lowest BCUT2D eigenvalue weighted by molar-refractivity contribution is -0.124. The predicted molar refractivity (Wildman–Crippen MR) is 67.0 cm³/mol. The molecule has 1 aromatic rings. The summed E-state index contributed by atoms with van der Waals surface area (Å²) in [6, 6.07) is 6.01. The Bertz CT molecular complexity index is 433. The molecule has 0 heterocycles. The van der Waals surface area contributed by atoms with Gasteiger partial charge in [0.1, 0.15) is 5.54 Å². The fourth-order valence-electron chi connectivity index (χ4n) is 2.47. The van der Waals surface area contributed by atoms with E-state index in [1.165, 1.54) is 5.56 Å². The van der Waals surface area contributed by atoms with Crippen LogP contribution in [0.5, 0.6) is 0 Å². The van der Waals surface area contributed by atoms with Crippen LogP contribution in [0.4, 0.5) is 0 Å². The van der Waals surface area contributed by atoms with Crippen molar-refractivity contribution in [3.63, 3.8) is 0 Å². The molecule has 0 spiro atoms. The molecule has 0 saturated carbocycles. The SMILES string of the molecule is CCNC1(C(N)=O)CCc2cc(Br)ccc21. The molecule has 1 aromatic carbocycles. The normalized spacial score (nSPS) is 23.1. The Morgan fingerprint density at radius 1 is 1.62 bits per heavy atom. The summed E-state index contributed by atoms with van der Waals surface area (Å²) in [7, 11) is 0. The molecule has 0 radical (unpaired) electrons. The number of hydrogen-bond acceptors (Lipinski definition) is 2. The van der Waals surface area contributed by atoms with E-state index in [1.807, 2.05) is 19.1 Å². The Morgan fingerprint density at radius 3 is 3.00 bits per heavy atom. The Morgan fingerprint density at radius 2 is 2.38 bits per heavy atom. The van der Waals surface area contributed by atoms with Crippen LogP contribution in [0.15, 0.2) is 22.7 Å². The third-order valence-corrected chi connectivity index (χ3v) is 3.69. The number of likely N-dealkylation sites (N-methyl/N-ethyl adjacent to an activating group) is 1. The van der Waals surface area contributed by atoms with E-state index in [1.54, 1.807) is 0 Å². The van der Waals surface area contributed by atoms with Crippen LogP contribution < -0.4 is 11.1 Å². The molecule has 0 aromatic heterocycles. The topological polar surface area (TPSA) is 55.1 Å². The van der Waals surface area contributed by atoms with Gasteiger partial charge in [0.2, 0.25) is 5.91 Å². The van der Waals surface area contributed by atoms with Gasteiger partial charge < -0.3 is 5.73 Å². The first kappa shape index (κ1) is 11.6. The Kier molecular flexibility index (Phi) is 3.04. The first-order valence-electron chi connectivity index (χ1n) is 5.44. The maximum absolute atomic E-state index is 11.7. The molecule has 2 rings (SSSR count). The highest BCUT2D eigenvalue weighted by Gasteiger charge is 2.43. The second kappa shape index (κ2) is 4.18. The van der Waals surface area contributed by atoms with Crippen LogP contribution >= 0.6 is 15.9 Å². The van der Waals surface area contributed by atoms with Crippen LogP contribution in [0.2, 0.25) is 0 Å². The number of nitrogens with one attached hydrogen (secondary N) is 1. The van der Waals surface area contributed by atoms with Crippen molar-refractivity contribution in [2.24, 2.45) is 5.73 Å². The molecule has 1 aliphatic carbocycles. The molecule has 3 nitrogen and oxygen atoms in total. The van der Waals surface area contributed by atoms with E-state index in [0.29, 0.717) is 0 Å². The molecular formula is C12H15BrN2O. The van der Waals surface area contributed by atoms with Gasteiger partial charge in [-0.25, -0.2) is 0 Å². The van der Waals surface area contributed by atoms with Gasteiger partial charge in [0.25, 0.3) is 0 Å². The zero-order valence-electron chi connectivity index (χ0n) is 9.22. The summed E-state index contributed by atoms with van der Waals surface area (Å²) in [5.74, 6) is -0.282. The van der Waals surface area contributed by atoms with Crippen molar-refractivity contribution in [1.82, 2.24) is 5.32 Å². The van der Waals surface area contributed by atoms with Gasteiger partial charge in [0.05, 0.1) is 0 Å². The Balaban J connectivity index is 2.50. The summed E-state index contributed by atoms with van der Waals surface area (Å²) < 4.78 is 1.04. The fourth-order valence-corrected chi connectivity index (χ4v) is 2.88. The molecule has 1 amide bonds. The highest BCUT2D eigenvalue weighted by molar-refractivity contribution is 9.10.